The number of allylic oxidation sites excluding steroid dienone is 2. The van der Waals surface area contributed by atoms with Gasteiger partial charge >= 0.3 is 0 Å². The second kappa shape index (κ2) is 4.91. The summed E-state index contributed by atoms with van der Waals surface area (Å²) in [5.74, 6) is 0. The zero-order valence-corrected chi connectivity index (χ0v) is 17.9. The van der Waals surface area contributed by atoms with Crippen LogP contribution >= 0.6 is 0 Å². The molecule has 0 atom stereocenters. The van der Waals surface area contributed by atoms with E-state index in [0.717, 1.165) is 5.33 Å². The van der Waals surface area contributed by atoms with Gasteiger partial charge in [0.05, 0.1) is 0 Å². The van der Waals surface area contributed by atoms with Crippen molar-refractivity contribution < 1.29 is 4.79 Å². The molecule has 126 valence electrons. The van der Waals surface area contributed by atoms with Gasteiger partial charge in [-0.15, -0.1) is 0 Å². The Hall–Kier alpha value is -0.663. The summed E-state index contributed by atoms with van der Waals surface area (Å²) in [6.45, 7) is 27.5. The normalized spacial score (nSPS) is 19.1. The van der Waals surface area contributed by atoms with Crippen LogP contribution in [0.5, 0.6) is 0 Å². The van der Waals surface area contributed by atoms with Crippen molar-refractivity contribution in [2.45, 2.75) is 82.0 Å². The first-order valence-corrected chi connectivity index (χ1v) is 11.9. The Morgan fingerprint density at radius 2 is 1.14 bits per heavy atom. The first-order valence-electron chi connectivity index (χ1n) is 8.42. The minimum atomic E-state index is -1.75. The lowest BCUT2D eigenvalue weighted by Gasteiger charge is -2.38. The monoisotopic (exact) mass is 320 g/mol. The van der Waals surface area contributed by atoms with Crippen molar-refractivity contribution in [2.24, 2.45) is 21.7 Å². The third kappa shape index (κ3) is 2.78. The van der Waals surface area contributed by atoms with Crippen molar-refractivity contribution in [3.05, 3.63) is 16.7 Å². The Labute approximate surface area is 139 Å². The van der Waals surface area contributed by atoms with Gasteiger partial charge in [0.15, 0.2) is 8.07 Å². The molecule has 0 aromatic heterocycles. The fourth-order valence-electron chi connectivity index (χ4n) is 4.29. The van der Waals surface area contributed by atoms with Gasteiger partial charge in [-0.1, -0.05) is 82.0 Å². The highest BCUT2D eigenvalue weighted by Crippen LogP contribution is 2.73. The molecule has 0 spiro atoms. The summed E-state index contributed by atoms with van der Waals surface area (Å²) in [4.78, 5) is 3.92. The molecule has 3 heteroatoms. The van der Waals surface area contributed by atoms with Crippen LogP contribution < -0.4 is 0 Å². The molecule has 0 unspecified atom stereocenters. The lowest BCUT2D eigenvalue weighted by Crippen LogP contribution is -2.50. The van der Waals surface area contributed by atoms with Gasteiger partial charge in [-0.3, -0.25) is 0 Å². The summed E-state index contributed by atoms with van der Waals surface area (Å²) in [5, 5.41) is 1.04. The Balaban J connectivity index is 3.79. The van der Waals surface area contributed by atoms with Gasteiger partial charge in [0.2, 0.25) is 0 Å². The molecule has 0 fully saturated rings. The maximum Gasteiger partial charge on any atom is 0.251 e. The maximum absolute atomic E-state index is 9.96. The molecule has 0 aromatic rings. The molecule has 1 aliphatic carbocycles. The van der Waals surface area contributed by atoms with E-state index in [9.17, 15) is 5.53 Å². The van der Waals surface area contributed by atoms with Gasteiger partial charge in [-0.05, 0) is 27.4 Å². The van der Waals surface area contributed by atoms with E-state index in [1.54, 1.807) is 0 Å². The van der Waals surface area contributed by atoms with Crippen molar-refractivity contribution in [3.8, 4) is 0 Å². The summed E-state index contributed by atoms with van der Waals surface area (Å²) >= 11 is 0. The van der Waals surface area contributed by atoms with E-state index in [4.69, 9.17) is 0 Å². The molecule has 1 aliphatic rings. The fourth-order valence-corrected chi connectivity index (χ4v) is 6.34. The van der Waals surface area contributed by atoms with Gasteiger partial charge in [-0.25, -0.2) is 0 Å². The summed E-state index contributed by atoms with van der Waals surface area (Å²) in [5.41, 5.74) is 13.0. The standard InChI is InChI=1S/C19H36N2Si/c1-16(2,3)13-14(17(4,5)6)19(13,18(7,8)9)15(21-20)22(10,11)12/h1-12H3. The predicted molar refractivity (Wildman–Crippen MR) is 99.8 cm³/mol. The topological polar surface area (TPSA) is 36.4 Å². The number of hydrogen-bond acceptors (Lipinski definition) is 0. The van der Waals surface area contributed by atoms with E-state index in [1.165, 1.54) is 11.1 Å². The van der Waals surface area contributed by atoms with Gasteiger partial charge < -0.3 is 5.53 Å². The van der Waals surface area contributed by atoms with E-state index in [1.807, 2.05) is 0 Å². The van der Waals surface area contributed by atoms with Crippen LogP contribution in [0.4, 0.5) is 0 Å². The summed E-state index contributed by atoms with van der Waals surface area (Å²) in [7, 11) is -1.75. The van der Waals surface area contributed by atoms with Crippen LogP contribution in [0.15, 0.2) is 11.1 Å². The maximum atomic E-state index is 9.96. The fraction of sp³-hybridized carbons (Fsp3) is 0.842. The lowest BCUT2D eigenvalue weighted by molar-refractivity contribution is -0.0164. The van der Waals surface area contributed by atoms with Crippen LogP contribution in [0.3, 0.4) is 0 Å². The van der Waals surface area contributed by atoms with Gasteiger partial charge in [0.1, 0.15) is 5.41 Å². The molecule has 2 nitrogen and oxygen atoms in total. The van der Waals surface area contributed by atoms with Crippen LogP contribution in [0.25, 0.3) is 5.53 Å². The first kappa shape index (κ1) is 19.4. The number of rotatable bonds is 2. The minimum absolute atomic E-state index is 0.0140. The van der Waals surface area contributed by atoms with Gasteiger partial charge in [0, 0.05) is 0 Å². The van der Waals surface area contributed by atoms with E-state index in [0.29, 0.717) is 0 Å². The zero-order valence-electron chi connectivity index (χ0n) is 16.9. The van der Waals surface area contributed by atoms with Crippen LogP contribution in [-0.2, 0) is 0 Å². The SMILES string of the molecule is CC(C)(C)C1=C(C(C)(C)C)C1(C(=[N+]=[N-])[Si](C)(C)C)C(C)(C)C. The van der Waals surface area contributed by atoms with Crippen molar-refractivity contribution in [1.29, 1.82) is 0 Å². The van der Waals surface area contributed by atoms with Crippen LogP contribution in [0.2, 0.25) is 19.6 Å². The second-order valence-electron chi connectivity index (χ2n) is 10.9. The van der Waals surface area contributed by atoms with E-state index < -0.39 is 8.07 Å². The molecule has 0 bridgehead atoms. The summed E-state index contributed by atoms with van der Waals surface area (Å²) < 4.78 is 0. The van der Waals surface area contributed by atoms with Crippen molar-refractivity contribution >= 4 is 13.4 Å². The number of nitrogens with zero attached hydrogens (tertiary/aromatic N) is 2. The number of hydrogen-bond donors (Lipinski definition) is 0. The minimum Gasteiger partial charge on any atom is -0.362 e. The average Bonchev–Trinajstić information content (AvgIpc) is 2.85. The Bertz CT molecular complexity index is 524. The van der Waals surface area contributed by atoms with Crippen LogP contribution in [0.1, 0.15) is 62.3 Å². The van der Waals surface area contributed by atoms with Crippen LogP contribution in [-0.4, -0.2) is 18.2 Å². The Morgan fingerprint density at radius 3 is 1.27 bits per heavy atom. The Morgan fingerprint density at radius 1 is 0.818 bits per heavy atom. The highest BCUT2D eigenvalue weighted by molar-refractivity contribution is 7.04. The molecule has 0 saturated carbocycles. The molecule has 0 amide bonds. The first-order chi connectivity index (χ1) is 9.43. The zero-order chi connectivity index (χ0) is 17.9. The summed E-state index contributed by atoms with van der Waals surface area (Å²) in [6, 6.07) is 0. The van der Waals surface area contributed by atoms with Gasteiger partial charge in [0.25, 0.3) is 5.33 Å². The lowest BCUT2D eigenvalue weighted by atomic mass is 9.67. The van der Waals surface area contributed by atoms with Gasteiger partial charge in [-0.2, -0.15) is 4.79 Å². The highest BCUT2D eigenvalue weighted by atomic mass is 28.3. The Kier molecular flexibility index (Phi) is 4.33. The largest absolute Gasteiger partial charge is 0.362 e. The molecule has 0 aliphatic heterocycles. The van der Waals surface area contributed by atoms with E-state index in [-0.39, 0.29) is 21.7 Å². The average molecular weight is 321 g/mol. The van der Waals surface area contributed by atoms with E-state index in [2.05, 4.69) is 86.7 Å². The van der Waals surface area contributed by atoms with Crippen LogP contribution in [0, 0.1) is 21.7 Å². The molecule has 0 heterocycles. The molecular formula is C19H36N2Si. The molecule has 22 heavy (non-hydrogen) atoms. The predicted octanol–water partition coefficient (Wildman–Crippen LogP) is 5.97. The molecule has 1 rings (SSSR count). The molecule has 0 saturated heterocycles. The van der Waals surface area contributed by atoms with Crippen molar-refractivity contribution in [2.75, 3.05) is 0 Å². The quantitative estimate of drug-likeness (QED) is 0.198. The van der Waals surface area contributed by atoms with E-state index >= 15 is 0 Å². The molecule has 0 N–H and O–H groups in total. The van der Waals surface area contributed by atoms with Crippen molar-refractivity contribution in [1.82, 2.24) is 0 Å². The summed E-state index contributed by atoms with van der Waals surface area (Å²) in [6.07, 6.45) is 0. The van der Waals surface area contributed by atoms with Crippen molar-refractivity contribution in [3.63, 3.8) is 0 Å². The molecule has 0 radical (unpaired) electrons. The molecular weight excluding hydrogens is 284 g/mol. The third-order valence-electron chi connectivity index (χ3n) is 4.73. The smallest absolute Gasteiger partial charge is 0.251 e. The highest BCUT2D eigenvalue weighted by Gasteiger charge is 2.73. The third-order valence-corrected chi connectivity index (χ3v) is 6.62. The second-order valence-corrected chi connectivity index (χ2v) is 15.9. The molecule has 0 aromatic carbocycles.